The Morgan fingerprint density at radius 2 is 2.33 bits per heavy atom. The van der Waals surface area contributed by atoms with Gasteiger partial charge in [0.2, 0.25) is 0 Å². The Morgan fingerprint density at radius 1 is 1.50 bits per heavy atom. The van der Waals surface area contributed by atoms with Crippen LogP contribution in [0, 0.1) is 0 Å². The Morgan fingerprint density at radius 3 is 3.00 bits per heavy atom. The second-order valence-electron chi connectivity index (χ2n) is 4.83. The van der Waals surface area contributed by atoms with Gasteiger partial charge in [-0.1, -0.05) is 6.42 Å². The second kappa shape index (κ2) is 8.10. The highest BCUT2D eigenvalue weighted by molar-refractivity contribution is 9.10. The molecule has 1 N–H and O–H groups in total. The summed E-state index contributed by atoms with van der Waals surface area (Å²) in [6.45, 7) is 3.29. The van der Waals surface area contributed by atoms with E-state index in [2.05, 4.69) is 50.3 Å². The number of rotatable bonds is 4. The molecule has 0 amide bonds. The molecule has 1 unspecified atom stereocenters. The van der Waals surface area contributed by atoms with E-state index in [1.807, 2.05) is 6.20 Å². The number of nitrogens with zero attached hydrogens (tertiary/aromatic N) is 2. The average molecular weight is 335 g/mol. The van der Waals surface area contributed by atoms with Gasteiger partial charge >= 0.3 is 0 Å². The van der Waals surface area contributed by atoms with E-state index in [0.717, 1.165) is 17.7 Å². The van der Waals surface area contributed by atoms with E-state index in [9.17, 15) is 0 Å². The molecule has 1 saturated heterocycles. The third-order valence-corrected chi connectivity index (χ3v) is 3.62. The molecule has 2 rings (SSSR count). The van der Waals surface area contributed by atoms with E-state index >= 15 is 0 Å². The Bertz CT molecular complexity index is 356. The van der Waals surface area contributed by atoms with Crippen LogP contribution >= 0.6 is 28.3 Å². The van der Waals surface area contributed by atoms with Gasteiger partial charge in [0.25, 0.3) is 0 Å². The summed E-state index contributed by atoms with van der Waals surface area (Å²) in [5.74, 6) is 0. The van der Waals surface area contributed by atoms with Gasteiger partial charge in [-0.3, -0.25) is 0 Å². The summed E-state index contributed by atoms with van der Waals surface area (Å²) >= 11 is 3.41. The summed E-state index contributed by atoms with van der Waals surface area (Å²) in [5, 5.41) is 3.58. The molecule has 1 aromatic heterocycles. The van der Waals surface area contributed by atoms with Crippen LogP contribution in [0.5, 0.6) is 0 Å². The van der Waals surface area contributed by atoms with Crippen molar-refractivity contribution in [3.05, 3.63) is 28.5 Å². The van der Waals surface area contributed by atoms with Gasteiger partial charge in [0.1, 0.15) is 4.60 Å². The molecule has 0 spiro atoms. The van der Waals surface area contributed by atoms with E-state index < -0.39 is 0 Å². The molecule has 0 saturated carbocycles. The van der Waals surface area contributed by atoms with Crippen LogP contribution < -0.4 is 5.32 Å². The van der Waals surface area contributed by atoms with Crippen LogP contribution in [0.15, 0.2) is 22.9 Å². The first kappa shape index (κ1) is 15.9. The molecule has 1 aliphatic heterocycles. The summed E-state index contributed by atoms with van der Waals surface area (Å²) in [7, 11) is 2.19. The maximum Gasteiger partial charge on any atom is 0.106 e. The van der Waals surface area contributed by atoms with Gasteiger partial charge in [-0.2, -0.15) is 0 Å². The van der Waals surface area contributed by atoms with Crippen molar-refractivity contribution in [1.29, 1.82) is 0 Å². The molecule has 0 aliphatic carbocycles. The first-order chi connectivity index (χ1) is 8.24. The minimum Gasteiger partial charge on any atom is -0.313 e. The van der Waals surface area contributed by atoms with Gasteiger partial charge < -0.3 is 10.2 Å². The van der Waals surface area contributed by atoms with Crippen molar-refractivity contribution in [2.45, 2.75) is 31.8 Å². The van der Waals surface area contributed by atoms with Crippen molar-refractivity contribution in [2.24, 2.45) is 0 Å². The molecule has 3 nitrogen and oxygen atoms in total. The predicted octanol–water partition coefficient (Wildman–Crippen LogP) is 2.84. The molecule has 1 fully saturated rings. The predicted molar refractivity (Wildman–Crippen MR) is 81.2 cm³/mol. The van der Waals surface area contributed by atoms with Gasteiger partial charge in [-0.15, -0.1) is 12.4 Å². The van der Waals surface area contributed by atoms with Crippen molar-refractivity contribution < 1.29 is 0 Å². The molecule has 1 aliphatic rings. The summed E-state index contributed by atoms with van der Waals surface area (Å²) in [6.07, 6.45) is 5.86. The Hall–Kier alpha value is -0.160. The van der Waals surface area contributed by atoms with Crippen LogP contribution in [0.3, 0.4) is 0 Å². The minimum absolute atomic E-state index is 0. The number of nitrogens with one attached hydrogen (secondary N) is 1. The third kappa shape index (κ3) is 5.22. The van der Waals surface area contributed by atoms with Gasteiger partial charge in [0.15, 0.2) is 0 Å². The van der Waals surface area contributed by atoms with Gasteiger partial charge in [-0.25, -0.2) is 4.98 Å². The number of hydrogen-bond acceptors (Lipinski definition) is 3. The van der Waals surface area contributed by atoms with Crippen molar-refractivity contribution >= 4 is 28.3 Å². The zero-order valence-corrected chi connectivity index (χ0v) is 13.1. The topological polar surface area (TPSA) is 28.2 Å². The van der Waals surface area contributed by atoms with Crippen molar-refractivity contribution in [1.82, 2.24) is 15.2 Å². The number of likely N-dealkylation sites (N-methyl/N-ethyl adjacent to an activating group) is 1. The molecule has 1 aromatic rings. The van der Waals surface area contributed by atoms with E-state index in [4.69, 9.17) is 0 Å². The second-order valence-corrected chi connectivity index (χ2v) is 5.64. The van der Waals surface area contributed by atoms with Crippen LogP contribution in [0.2, 0.25) is 0 Å². The van der Waals surface area contributed by atoms with Crippen LogP contribution in [-0.2, 0) is 6.54 Å². The van der Waals surface area contributed by atoms with Crippen molar-refractivity contribution in [3.63, 3.8) is 0 Å². The van der Waals surface area contributed by atoms with E-state index in [-0.39, 0.29) is 12.4 Å². The number of aromatic nitrogens is 1. The van der Waals surface area contributed by atoms with Gasteiger partial charge in [-0.05, 0) is 60.1 Å². The highest BCUT2D eigenvalue weighted by atomic mass is 79.9. The van der Waals surface area contributed by atoms with Crippen LogP contribution in [0.1, 0.15) is 24.8 Å². The number of halogens is 2. The van der Waals surface area contributed by atoms with Crippen LogP contribution in [0.4, 0.5) is 0 Å². The molecule has 5 heteroatoms. The number of pyridine rings is 1. The van der Waals surface area contributed by atoms with E-state index in [1.165, 1.54) is 31.4 Å². The quantitative estimate of drug-likeness (QED) is 0.858. The van der Waals surface area contributed by atoms with Crippen molar-refractivity contribution in [3.8, 4) is 0 Å². The lowest BCUT2D eigenvalue weighted by atomic mass is 10.0. The third-order valence-electron chi connectivity index (χ3n) is 3.19. The minimum atomic E-state index is 0. The largest absolute Gasteiger partial charge is 0.313 e. The SMILES string of the molecule is CN(Cc1ccnc(Br)c1)CC1CCCCN1.Cl. The molecular weight excluding hydrogens is 314 g/mol. The normalized spacial score (nSPS) is 19.6. The maximum absolute atomic E-state index is 4.15. The Balaban J connectivity index is 0.00000162. The molecule has 102 valence electrons. The fraction of sp³-hybridized carbons (Fsp3) is 0.615. The molecule has 1 atom stereocenters. The molecular formula is C13H21BrClN3. The highest BCUT2D eigenvalue weighted by Gasteiger charge is 2.14. The van der Waals surface area contributed by atoms with Crippen LogP contribution in [0.25, 0.3) is 0 Å². The van der Waals surface area contributed by atoms with Crippen LogP contribution in [-0.4, -0.2) is 36.1 Å². The fourth-order valence-electron chi connectivity index (χ4n) is 2.37. The van der Waals surface area contributed by atoms with E-state index in [1.54, 1.807) is 0 Å². The molecule has 2 heterocycles. The first-order valence-electron chi connectivity index (χ1n) is 6.26. The van der Waals surface area contributed by atoms with E-state index in [0.29, 0.717) is 6.04 Å². The Kier molecular flexibility index (Phi) is 7.15. The lowest BCUT2D eigenvalue weighted by Crippen LogP contribution is -2.42. The summed E-state index contributed by atoms with van der Waals surface area (Å²) in [5.41, 5.74) is 1.31. The summed E-state index contributed by atoms with van der Waals surface area (Å²) in [6, 6.07) is 4.83. The zero-order valence-electron chi connectivity index (χ0n) is 10.7. The maximum atomic E-state index is 4.15. The standard InChI is InChI=1S/C13H20BrN3.ClH/c1-17(10-12-4-2-3-6-15-12)9-11-5-7-16-13(14)8-11;/h5,7-8,12,15H,2-4,6,9-10H2,1H3;1H. The molecule has 0 radical (unpaired) electrons. The smallest absolute Gasteiger partial charge is 0.106 e. The first-order valence-corrected chi connectivity index (χ1v) is 7.06. The lowest BCUT2D eigenvalue weighted by molar-refractivity contribution is 0.256. The monoisotopic (exact) mass is 333 g/mol. The molecule has 0 aromatic carbocycles. The highest BCUT2D eigenvalue weighted by Crippen LogP contribution is 2.12. The summed E-state index contributed by atoms with van der Waals surface area (Å²) in [4.78, 5) is 6.53. The molecule has 0 bridgehead atoms. The Labute approximate surface area is 124 Å². The fourth-order valence-corrected chi connectivity index (χ4v) is 2.79. The number of piperidine rings is 1. The van der Waals surface area contributed by atoms with Gasteiger partial charge in [0.05, 0.1) is 0 Å². The van der Waals surface area contributed by atoms with Gasteiger partial charge in [0, 0.05) is 25.3 Å². The average Bonchev–Trinajstić information content (AvgIpc) is 2.30. The molecule has 18 heavy (non-hydrogen) atoms. The number of hydrogen-bond donors (Lipinski definition) is 1. The van der Waals surface area contributed by atoms with Crippen molar-refractivity contribution in [2.75, 3.05) is 20.1 Å². The zero-order chi connectivity index (χ0) is 12.1. The summed E-state index contributed by atoms with van der Waals surface area (Å²) < 4.78 is 0.916. The lowest BCUT2D eigenvalue weighted by Gasteiger charge is -2.28.